The Balaban J connectivity index is 1.83. The molecule has 0 spiro atoms. The molecule has 1 atom stereocenters. The Labute approximate surface area is 90.8 Å². The molecule has 4 nitrogen and oxygen atoms in total. The van der Waals surface area contributed by atoms with Crippen LogP contribution in [0.15, 0.2) is 0 Å². The van der Waals surface area contributed by atoms with Crippen molar-refractivity contribution in [1.82, 2.24) is 4.90 Å². The van der Waals surface area contributed by atoms with Crippen LogP contribution in [0.1, 0.15) is 38.5 Å². The van der Waals surface area contributed by atoms with E-state index in [9.17, 15) is 4.79 Å². The number of rotatable bonds is 4. The largest absolute Gasteiger partial charge is 0.444 e. The fraction of sp³-hybridized carbons (Fsp3) is 0.909. The molecule has 15 heavy (non-hydrogen) atoms. The van der Waals surface area contributed by atoms with Gasteiger partial charge in [-0.2, -0.15) is 0 Å². The highest BCUT2D eigenvalue weighted by molar-refractivity contribution is 5.70. The maximum Gasteiger partial charge on any atom is 0.410 e. The lowest BCUT2D eigenvalue weighted by molar-refractivity contribution is 0.124. The number of amides is 1. The summed E-state index contributed by atoms with van der Waals surface area (Å²) in [7, 11) is 0. The summed E-state index contributed by atoms with van der Waals surface area (Å²) < 4.78 is 5.32. The smallest absolute Gasteiger partial charge is 0.410 e. The number of ether oxygens (including phenoxy) is 1. The van der Waals surface area contributed by atoms with Crippen LogP contribution in [0.2, 0.25) is 0 Å². The van der Waals surface area contributed by atoms with Gasteiger partial charge in [0.25, 0.3) is 0 Å². The van der Waals surface area contributed by atoms with Gasteiger partial charge < -0.3 is 15.4 Å². The topological polar surface area (TPSA) is 55.6 Å². The normalized spacial score (nSPS) is 27.4. The quantitative estimate of drug-likeness (QED) is 0.768. The Bertz CT molecular complexity index is 227. The zero-order valence-electron chi connectivity index (χ0n) is 9.15. The molecule has 86 valence electrons. The molecule has 0 bridgehead atoms. The van der Waals surface area contributed by atoms with E-state index >= 15 is 0 Å². The minimum atomic E-state index is -0.107. The van der Waals surface area contributed by atoms with Gasteiger partial charge in [-0.25, -0.2) is 4.79 Å². The van der Waals surface area contributed by atoms with E-state index in [2.05, 4.69) is 0 Å². The molecule has 2 fully saturated rings. The molecule has 1 amide bonds. The van der Waals surface area contributed by atoms with Crippen molar-refractivity contribution in [3.05, 3.63) is 0 Å². The second-order valence-corrected chi connectivity index (χ2v) is 4.53. The number of nitrogens with two attached hydrogens (primary N) is 1. The summed E-state index contributed by atoms with van der Waals surface area (Å²) in [6.07, 6.45) is 6.63. The van der Waals surface area contributed by atoms with E-state index in [1.807, 2.05) is 4.90 Å². The molecule has 0 radical (unpaired) electrons. The van der Waals surface area contributed by atoms with Gasteiger partial charge in [-0.3, -0.25) is 0 Å². The van der Waals surface area contributed by atoms with E-state index in [1.54, 1.807) is 0 Å². The second-order valence-electron chi connectivity index (χ2n) is 4.53. The van der Waals surface area contributed by atoms with Gasteiger partial charge in [-0.05, 0) is 32.2 Å². The molecule has 1 aliphatic heterocycles. The number of cyclic esters (lactones) is 1. The lowest BCUT2D eigenvalue weighted by Gasteiger charge is -2.20. The molecule has 1 aliphatic carbocycles. The van der Waals surface area contributed by atoms with Crippen LogP contribution in [0.4, 0.5) is 4.79 Å². The minimum Gasteiger partial charge on any atom is -0.444 e. The summed E-state index contributed by atoms with van der Waals surface area (Å²) in [5.74, 6) is 0. The van der Waals surface area contributed by atoms with Crippen molar-refractivity contribution in [2.24, 2.45) is 5.73 Å². The number of carbonyl (C=O) groups excluding carboxylic acids is 1. The molecule has 0 aromatic heterocycles. The summed E-state index contributed by atoms with van der Waals surface area (Å²) in [5.41, 5.74) is 5.44. The fourth-order valence-corrected chi connectivity index (χ4v) is 2.55. The van der Waals surface area contributed by atoms with Crippen LogP contribution in [-0.2, 0) is 4.74 Å². The van der Waals surface area contributed by atoms with Crippen LogP contribution < -0.4 is 5.73 Å². The number of nitrogens with zero attached hydrogens (tertiary/aromatic N) is 1. The predicted octanol–water partition coefficient (Wildman–Crippen LogP) is 1.49. The monoisotopic (exact) mass is 212 g/mol. The van der Waals surface area contributed by atoms with Gasteiger partial charge in [-0.15, -0.1) is 0 Å². The molecule has 0 aromatic carbocycles. The number of carbonyl (C=O) groups is 1. The Hall–Kier alpha value is -0.770. The average Bonchev–Trinajstić information content (AvgIpc) is 2.83. The summed E-state index contributed by atoms with van der Waals surface area (Å²) in [6.45, 7) is 1.46. The number of hydrogen-bond donors (Lipinski definition) is 1. The van der Waals surface area contributed by atoms with Crippen molar-refractivity contribution in [2.45, 2.75) is 50.7 Å². The van der Waals surface area contributed by atoms with Gasteiger partial charge in [0.15, 0.2) is 0 Å². The van der Waals surface area contributed by atoms with Crippen LogP contribution in [-0.4, -0.2) is 36.2 Å². The Kier molecular flexibility index (Phi) is 3.46. The number of hydrogen-bond acceptors (Lipinski definition) is 3. The van der Waals surface area contributed by atoms with E-state index in [0.717, 1.165) is 32.2 Å². The molecule has 2 aliphatic rings. The van der Waals surface area contributed by atoms with Crippen molar-refractivity contribution < 1.29 is 9.53 Å². The Morgan fingerprint density at radius 3 is 2.80 bits per heavy atom. The van der Waals surface area contributed by atoms with Crippen molar-refractivity contribution in [3.63, 3.8) is 0 Å². The van der Waals surface area contributed by atoms with E-state index in [0.29, 0.717) is 12.6 Å². The van der Waals surface area contributed by atoms with Crippen LogP contribution in [0.3, 0.4) is 0 Å². The molecular formula is C11H20N2O2. The summed E-state index contributed by atoms with van der Waals surface area (Å²) in [5, 5.41) is 0. The van der Waals surface area contributed by atoms with Crippen molar-refractivity contribution in [2.75, 3.05) is 13.1 Å². The average molecular weight is 212 g/mol. The molecule has 2 rings (SSSR count). The van der Waals surface area contributed by atoms with Crippen LogP contribution in [0, 0.1) is 0 Å². The maximum atomic E-state index is 11.6. The van der Waals surface area contributed by atoms with E-state index in [-0.39, 0.29) is 12.2 Å². The van der Waals surface area contributed by atoms with E-state index in [4.69, 9.17) is 10.5 Å². The first-order valence-corrected chi connectivity index (χ1v) is 5.98. The molecule has 1 unspecified atom stereocenters. The standard InChI is InChI=1S/C11H20N2O2/c12-7-3-6-10-8-13(11(14)15-10)9-4-1-2-5-9/h9-10H,1-8,12H2. The Morgan fingerprint density at radius 1 is 1.40 bits per heavy atom. The summed E-state index contributed by atoms with van der Waals surface area (Å²) in [6, 6.07) is 0.445. The van der Waals surface area contributed by atoms with Gasteiger partial charge in [0.05, 0.1) is 6.54 Å². The first-order chi connectivity index (χ1) is 7.31. The second kappa shape index (κ2) is 4.84. The van der Waals surface area contributed by atoms with Crippen LogP contribution in [0.5, 0.6) is 0 Å². The van der Waals surface area contributed by atoms with Gasteiger partial charge in [0.2, 0.25) is 0 Å². The van der Waals surface area contributed by atoms with Crippen LogP contribution in [0.25, 0.3) is 0 Å². The molecule has 1 heterocycles. The Morgan fingerprint density at radius 2 is 2.13 bits per heavy atom. The third-order valence-electron chi connectivity index (χ3n) is 3.40. The first kappa shape index (κ1) is 10.7. The third kappa shape index (κ3) is 2.43. The van der Waals surface area contributed by atoms with Crippen LogP contribution >= 0.6 is 0 Å². The van der Waals surface area contributed by atoms with Gasteiger partial charge in [0, 0.05) is 6.04 Å². The predicted molar refractivity (Wildman–Crippen MR) is 57.5 cm³/mol. The lowest BCUT2D eigenvalue weighted by Crippen LogP contribution is -2.34. The maximum absolute atomic E-state index is 11.6. The van der Waals surface area contributed by atoms with Gasteiger partial charge in [0.1, 0.15) is 6.10 Å². The fourth-order valence-electron chi connectivity index (χ4n) is 2.55. The molecule has 0 aromatic rings. The minimum absolute atomic E-state index is 0.0849. The molecule has 1 saturated carbocycles. The summed E-state index contributed by atoms with van der Waals surface area (Å²) in [4.78, 5) is 13.5. The van der Waals surface area contributed by atoms with Gasteiger partial charge >= 0.3 is 6.09 Å². The SMILES string of the molecule is NCCCC1CN(C2CCCC2)C(=O)O1. The van der Waals surface area contributed by atoms with E-state index < -0.39 is 0 Å². The zero-order valence-corrected chi connectivity index (χ0v) is 9.15. The molecule has 4 heteroatoms. The molecule has 1 saturated heterocycles. The molecule has 2 N–H and O–H groups in total. The summed E-state index contributed by atoms with van der Waals surface area (Å²) >= 11 is 0. The highest BCUT2D eigenvalue weighted by Gasteiger charge is 2.36. The lowest BCUT2D eigenvalue weighted by atomic mass is 10.1. The highest BCUT2D eigenvalue weighted by atomic mass is 16.6. The van der Waals surface area contributed by atoms with E-state index in [1.165, 1.54) is 12.8 Å². The highest BCUT2D eigenvalue weighted by Crippen LogP contribution is 2.28. The van der Waals surface area contributed by atoms with Crippen molar-refractivity contribution >= 4 is 6.09 Å². The first-order valence-electron chi connectivity index (χ1n) is 5.98. The van der Waals surface area contributed by atoms with Gasteiger partial charge in [-0.1, -0.05) is 12.8 Å². The third-order valence-corrected chi connectivity index (χ3v) is 3.40. The zero-order chi connectivity index (χ0) is 10.7. The van der Waals surface area contributed by atoms with Crippen molar-refractivity contribution in [3.8, 4) is 0 Å². The molecular weight excluding hydrogens is 192 g/mol. The van der Waals surface area contributed by atoms with Crippen molar-refractivity contribution in [1.29, 1.82) is 0 Å².